The Morgan fingerprint density at radius 1 is 1.14 bits per heavy atom. The average Bonchev–Trinajstić information content (AvgIpc) is 2.83. The SMILES string of the molecule is CC(=O)N1CCN(C(=O)c2[nH]c3cc(Cl)ccc3c2C)CC1. The molecule has 0 radical (unpaired) electrons. The first-order chi connectivity index (χ1) is 10.5. The maximum absolute atomic E-state index is 12.7. The second-order valence-corrected chi connectivity index (χ2v) is 6.05. The van der Waals surface area contributed by atoms with E-state index in [1.54, 1.807) is 16.7 Å². The zero-order valence-electron chi connectivity index (χ0n) is 12.6. The first-order valence-electron chi connectivity index (χ1n) is 7.30. The van der Waals surface area contributed by atoms with Gasteiger partial charge in [-0.1, -0.05) is 17.7 Å². The Hall–Kier alpha value is -2.01. The third-order valence-electron chi connectivity index (χ3n) is 4.25. The molecular formula is C16H18ClN3O2. The maximum atomic E-state index is 12.7. The van der Waals surface area contributed by atoms with Crippen molar-refractivity contribution in [2.24, 2.45) is 0 Å². The molecule has 0 unspecified atom stereocenters. The van der Waals surface area contributed by atoms with E-state index in [9.17, 15) is 9.59 Å². The normalized spacial score (nSPS) is 15.4. The molecule has 1 aromatic heterocycles. The summed E-state index contributed by atoms with van der Waals surface area (Å²) in [6.07, 6.45) is 0. The van der Waals surface area contributed by atoms with E-state index in [2.05, 4.69) is 4.98 Å². The summed E-state index contributed by atoms with van der Waals surface area (Å²) in [6.45, 7) is 5.80. The predicted octanol–water partition coefficient (Wildman–Crippen LogP) is 2.43. The zero-order chi connectivity index (χ0) is 15.9. The van der Waals surface area contributed by atoms with Crippen molar-refractivity contribution in [3.8, 4) is 0 Å². The molecule has 2 heterocycles. The molecule has 22 heavy (non-hydrogen) atoms. The van der Waals surface area contributed by atoms with Gasteiger partial charge in [-0.3, -0.25) is 9.59 Å². The van der Waals surface area contributed by atoms with Crippen LogP contribution < -0.4 is 0 Å². The van der Waals surface area contributed by atoms with Gasteiger partial charge in [-0.15, -0.1) is 0 Å². The smallest absolute Gasteiger partial charge is 0.270 e. The Kier molecular flexibility index (Phi) is 3.83. The molecule has 0 saturated carbocycles. The van der Waals surface area contributed by atoms with Gasteiger partial charge < -0.3 is 14.8 Å². The van der Waals surface area contributed by atoms with E-state index < -0.39 is 0 Å². The summed E-state index contributed by atoms with van der Waals surface area (Å²) in [5.74, 6) is 0.0385. The quantitative estimate of drug-likeness (QED) is 0.877. The number of H-pyrrole nitrogens is 1. The van der Waals surface area contributed by atoms with Crippen LogP contribution in [0.5, 0.6) is 0 Å². The fourth-order valence-corrected chi connectivity index (χ4v) is 3.08. The highest BCUT2D eigenvalue weighted by Gasteiger charge is 2.25. The first kappa shape index (κ1) is 14.9. The number of hydrogen-bond donors (Lipinski definition) is 1. The largest absolute Gasteiger partial charge is 0.350 e. The van der Waals surface area contributed by atoms with Crippen LogP contribution in [0, 0.1) is 6.92 Å². The summed E-state index contributed by atoms with van der Waals surface area (Å²) < 4.78 is 0. The van der Waals surface area contributed by atoms with Gasteiger partial charge in [0.05, 0.1) is 0 Å². The van der Waals surface area contributed by atoms with E-state index in [1.807, 2.05) is 25.1 Å². The second-order valence-electron chi connectivity index (χ2n) is 5.61. The van der Waals surface area contributed by atoms with Crippen molar-refractivity contribution < 1.29 is 9.59 Å². The van der Waals surface area contributed by atoms with E-state index in [0.29, 0.717) is 36.9 Å². The minimum absolute atomic E-state index is 0.0203. The highest BCUT2D eigenvalue weighted by molar-refractivity contribution is 6.31. The predicted molar refractivity (Wildman–Crippen MR) is 86.2 cm³/mol. The van der Waals surface area contributed by atoms with Gasteiger partial charge in [0.25, 0.3) is 5.91 Å². The number of carbonyl (C=O) groups excluding carboxylic acids is 2. The molecule has 2 aromatic rings. The molecule has 1 saturated heterocycles. The van der Waals surface area contributed by atoms with Crippen molar-refractivity contribution in [3.63, 3.8) is 0 Å². The van der Waals surface area contributed by atoms with Gasteiger partial charge in [0.2, 0.25) is 5.91 Å². The maximum Gasteiger partial charge on any atom is 0.270 e. The molecule has 0 bridgehead atoms. The summed E-state index contributed by atoms with van der Waals surface area (Å²) in [7, 11) is 0. The van der Waals surface area contributed by atoms with Crippen LogP contribution in [0.25, 0.3) is 10.9 Å². The molecule has 3 rings (SSSR count). The van der Waals surface area contributed by atoms with Crippen molar-refractivity contribution in [2.75, 3.05) is 26.2 Å². The number of nitrogens with zero attached hydrogens (tertiary/aromatic N) is 2. The molecule has 1 fully saturated rings. The number of hydrogen-bond acceptors (Lipinski definition) is 2. The first-order valence-corrected chi connectivity index (χ1v) is 7.68. The van der Waals surface area contributed by atoms with Crippen LogP contribution in [0.2, 0.25) is 5.02 Å². The van der Waals surface area contributed by atoms with Crippen LogP contribution in [0.4, 0.5) is 0 Å². The van der Waals surface area contributed by atoms with E-state index in [4.69, 9.17) is 11.6 Å². The molecule has 116 valence electrons. The number of aromatic nitrogens is 1. The molecule has 0 atom stereocenters. The second kappa shape index (κ2) is 5.65. The minimum Gasteiger partial charge on any atom is -0.350 e. The molecule has 5 nitrogen and oxygen atoms in total. The number of carbonyl (C=O) groups is 2. The summed E-state index contributed by atoms with van der Waals surface area (Å²) in [5.41, 5.74) is 2.41. The Morgan fingerprint density at radius 3 is 2.41 bits per heavy atom. The number of rotatable bonds is 1. The standard InChI is InChI=1S/C16H18ClN3O2/c1-10-13-4-3-12(17)9-14(13)18-15(10)16(22)20-7-5-19(6-8-20)11(2)21/h3-4,9,18H,5-8H2,1-2H3. The van der Waals surface area contributed by atoms with Crippen molar-refractivity contribution >= 4 is 34.3 Å². The summed E-state index contributed by atoms with van der Waals surface area (Å²) in [6, 6.07) is 5.58. The van der Waals surface area contributed by atoms with E-state index in [-0.39, 0.29) is 11.8 Å². The van der Waals surface area contributed by atoms with Crippen molar-refractivity contribution in [3.05, 3.63) is 34.5 Å². The van der Waals surface area contributed by atoms with Crippen LogP contribution >= 0.6 is 11.6 Å². The average molecular weight is 320 g/mol. The fraction of sp³-hybridized carbons (Fsp3) is 0.375. The number of benzene rings is 1. The lowest BCUT2D eigenvalue weighted by atomic mass is 10.1. The molecule has 1 aliphatic rings. The van der Waals surface area contributed by atoms with Gasteiger partial charge >= 0.3 is 0 Å². The Balaban J connectivity index is 1.84. The van der Waals surface area contributed by atoms with E-state index in [1.165, 1.54) is 0 Å². The van der Waals surface area contributed by atoms with Crippen molar-refractivity contribution in [1.29, 1.82) is 0 Å². The topological polar surface area (TPSA) is 56.4 Å². The van der Waals surface area contributed by atoms with Crippen LogP contribution in [0.3, 0.4) is 0 Å². The van der Waals surface area contributed by atoms with Crippen molar-refractivity contribution in [1.82, 2.24) is 14.8 Å². The van der Waals surface area contributed by atoms with Gasteiger partial charge in [-0.05, 0) is 24.6 Å². The highest BCUT2D eigenvalue weighted by atomic mass is 35.5. The number of aryl methyl sites for hydroxylation is 1. The number of halogens is 1. The van der Waals surface area contributed by atoms with Gasteiger partial charge in [-0.2, -0.15) is 0 Å². The summed E-state index contributed by atoms with van der Waals surface area (Å²) in [5, 5.41) is 1.65. The molecule has 1 aliphatic heterocycles. The molecular weight excluding hydrogens is 302 g/mol. The van der Waals surface area contributed by atoms with Gasteiger partial charge in [0.1, 0.15) is 5.69 Å². The lowest BCUT2D eigenvalue weighted by Crippen LogP contribution is -2.50. The van der Waals surface area contributed by atoms with E-state index >= 15 is 0 Å². The Morgan fingerprint density at radius 2 is 1.77 bits per heavy atom. The highest BCUT2D eigenvalue weighted by Crippen LogP contribution is 2.25. The van der Waals surface area contributed by atoms with Crippen LogP contribution in [-0.4, -0.2) is 52.8 Å². The third-order valence-corrected chi connectivity index (χ3v) is 4.48. The molecule has 0 spiro atoms. The fourth-order valence-electron chi connectivity index (χ4n) is 2.91. The van der Waals surface area contributed by atoms with Crippen LogP contribution in [-0.2, 0) is 4.79 Å². The number of aromatic amines is 1. The molecule has 1 N–H and O–H groups in total. The lowest BCUT2D eigenvalue weighted by Gasteiger charge is -2.34. The van der Waals surface area contributed by atoms with Crippen LogP contribution in [0.1, 0.15) is 23.0 Å². The Labute approximate surface area is 133 Å². The van der Waals surface area contributed by atoms with Crippen LogP contribution in [0.15, 0.2) is 18.2 Å². The number of nitrogens with one attached hydrogen (secondary N) is 1. The zero-order valence-corrected chi connectivity index (χ0v) is 13.4. The van der Waals surface area contributed by atoms with E-state index in [0.717, 1.165) is 16.5 Å². The summed E-state index contributed by atoms with van der Waals surface area (Å²) >= 11 is 6.00. The molecule has 6 heteroatoms. The lowest BCUT2D eigenvalue weighted by molar-refractivity contribution is -0.130. The summed E-state index contributed by atoms with van der Waals surface area (Å²) in [4.78, 5) is 30.8. The number of amides is 2. The molecule has 0 aliphatic carbocycles. The van der Waals surface area contributed by atoms with Crippen molar-refractivity contribution in [2.45, 2.75) is 13.8 Å². The number of fused-ring (bicyclic) bond motifs is 1. The number of piperazine rings is 1. The van der Waals surface area contributed by atoms with Gasteiger partial charge in [0.15, 0.2) is 0 Å². The van der Waals surface area contributed by atoms with Gasteiger partial charge in [0, 0.05) is 49.0 Å². The monoisotopic (exact) mass is 319 g/mol. The minimum atomic E-state index is -0.0203. The Bertz CT molecular complexity index is 745. The van der Waals surface area contributed by atoms with Gasteiger partial charge in [-0.25, -0.2) is 0 Å². The molecule has 1 aromatic carbocycles. The molecule has 2 amide bonds. The third kappa shape index (κ3) is 2.57.